The molecule has 0 aliphatic heterocycles. The quantitative estimate of drug-likeness (QED) is 0.845. The number of pyridine rings is 1. The van der Waals surface area contributed by atoms with Gasteiger partial charge in [0.1, 0.15) is 0 Å². The van der Waals surface area contributed by atoms with Gasteiger partial charge in [0.25, 0.3) is 0 Å². The molecule has 2 aromatic rings. The minimum absolute atomic E-state index is 0.204. The van der Waals surface area contributed by atoms with Crippen LogP contribution in [0.25, 0.3) is 0 Å². The molecule has 0 aliphatic carbocycles. The van der Waals surface area contributed by atoms with E-state index < -0.39 is 0 Å². The van der Waals surface area contributed by atoms with Crippen molar-refractivity contribution in [3.8, 4) is 0 Å². The van der Waals surface area contributed by atoms with Gasteiger partial charge >= 0.3 is 0 Å². The van der Waals surface area contributed by atoms with Crippen molar-refractivity contribution in [2.45, 2.75) is 39.7 Å². The summed E-state index contributed by atoms with van der Waals surface area (Å²) >= 11 is 5.38. The summed E-state index contributed by atoms with van der Waals surface area (Å²) in [6, 6.07) is 4.19. The van der Waals surface area contributed by atoms with Crippen LogP contribution in [0.15, 0.2) is 22.8 Å². The van der Waals surface area contributed by atoms with Gasteiger partial charge in [0.15, 0.2) is 0 Å². The summed E-state index contributed by atoms with van der Waals surface area (Å²) in [7, 11) is 0. The lowest BCUT2D eigenvalue weighted by Crippen LogP contribution is -2.25. The lowest BCUT2D eigenvalue weighted by Gasteiger charge is -2.18. The molecule has 108 valence electrons. The number of rotatable bonds is 6. The van der Waals surface area contributed by atoms with Crippen molar-refractivity contribution in [1.82, 2.24) is 15.3 Å². The Morgan fingerprint density at radius 1 is 1.40 bits per heavy atom. The van der Waals surface area contributed by atoms with E-state index in [1.54, 1.807) is 11.3 Å². The van der Waals surface area contributed by atoms with Gasteiger partial charge in [-0.05, 0) is 54.9 Å². The van der Waals surface area contributed by atoms with E-state index in [0.29, 0.717) is 0 Å². The van der Waals surface area contributed by atoms with Crippen LogP contribution < -0.4 is 5.32 Å². The summed E-state index contributed by atoms with van der Waals surface area (Å²) < 4.78 is 1.05. The Kier molecular flexibility index (Phi) is 5.69. The Hall–Kier alpha value is -0.780. The molecule has 0 spiro atoms. The maximum Gasteiger partial charge on any atom is 0.0950 e. The number of hydrogen-bond donors (Lipinski definition) is 1. The number of halogens is 1. The molecule has 2 rings (SSSR count). The van der Waals surface area contributed by atoms with Crippen LogP contribution in [0.1, 0.15) is 40.7 Å². The highest BCUT2D eigenvalue weighted by Gasteiger charge is 2.18. The molecule has 0 aliphatic rings. The van der Waals surface area contributed by atoms with Gasteiger partial charge in [-0.15, -0.1) is 11.3 Å². The Bertz CT molecular complexity index is 548. The molecule has 0 fully saturated rings. The molecular weight excluding hydrogens is 334 g/mol. The van der Waals surface area contributed by atoms with Gasteiger partial charge in [0, 0.05) is 22.0 Å². The van der Waals surface area contributed by atoms with Gasteiger partial charge in [-0.25, -0.2) is 4.98 Å². The molecule has 3 nitrogen and oxygen atoms in total. The van der Waals surface area contributed by atoms with Crippen molar-refractivity contribution < 1.29 is 0 Å². The molecule has 1 N–H and O–H groups in total. The first-order valence-electron chi connectivity index (χ1n) is 6.88. The second-order valence-corrected chi connectivity index (χ2v) is 6.97. The van der Waals surface area contributed by atoms with Crippen LogP contribution in [0, 0.1) is 13.8 Å². The molecule has 0 bridgehead atoms. The second kappa shape index (κ2) is 7.29. The summed E-state index contributed by atoms with van der Waals surface area (Å²) in [5, 5.41) is 4.75. The van der Waals surface area contributed by atoms with Gasteiger partial charge in [-0.2, -0.15) is 0 Å². The molecule has 1 atom stereocenters. The third-order valence-electron chi connectivity index (χ3n) is 3.21. The fourth-order valence-corrected chi connectivity index (χ4v) is 3.55. The second-order valence-electron chi connectivity index (χ2n) is 4.83. The first kappa shape index (κ1) is 15.6. The number of nitrogens with zero attached hydrogens (tertiary/aromatic N) is 2. The lowest BCUT2D eigenvalue weighted by molar-refractivity contribution is 0.515. The number of hydrogen-bond acceptors (Lipinski definition) is 4. The van der Waals surface area contributed by atoms with E-state index in [4.69, 9.17) is 0 Å². The van der Waals surface area contributed by atoms with E-state index >= 15 is 0 Å². The van der Waals surface area contributed by atoms with E-state index in [0.717, 1.165) is 35.2 Å². The van der Waals surface area contributed by atoms with Crippen molar-refractivity contribution in [1.29, 1.82) is 0 Å². The highest BCUT2D eigenvalue weighted by Crippen LogP contribution is 2.26. The highest BCUT2D eigenvalue weighted by atomic mass is 79.9. The predicted octanol–water partition coefficient (Wildman–Crippen LogP) is 4.20. The van der Waals surface area contributed by atoms with Crippen LogP contribution in [0.4, 0.5) is 0 Å². The van der Waals surface area contributed by atoms with E-state index in [1.807, 2.05) is 18.3 Å². The summed E-state index contributed by atoms with van der Waals surface area (Å²) in [5.41, 5.74) is 2.20. The van der Waals surface area contributed by atoms with Gasteiger partial charge in [-0.3, -0.25) is 4.98 Å². The Morgan fingerprint density at radius 3 is 2.80 bits per heavy atom. The van der Waals surface area contributed by atoms with Gasteiger partial charge < -0.3 is 5.32 Å². The van der Waals surface area contributed by atoms with Crippen molar-refractivity contribution in [3.63, 3.8) is 0 Å². The van der Waals surface area contributed by atoms with Gasteiger partial charge in [0.05, 0.1) is 22.4 Å². The number of nitrogens with one attached hydrogen (secondary N) is 1. The van der Waals surface area contributed by atoms with Crippen molar-refractivity contribution in [2.75, 3.05) is 6.54 Å². The van der Waals surface area contributed by atoms with Crippen molar-refractivity contribution in [2.24, 2.45) is 0 Å². The van der Waals surface area contributed by atoms with Crippen LogP contribution in [0.3, 0.4) is 0 Å². The van der Waals surface area contributed by atoms with E-state index in [2.05, 4.69) is 52.0 Å². The van der Waals surface area contributed by atoms with Crippen LogP contribution in [-0.4, -0.2) is 16.5 Å². The Labute approximate surface area is 133 Å². The molecule has 0 radical (unpaired) electrons. The zero-order chi connectivity index (χ0) is 14.5. The predicted molar refractivity (Wildman–Crippen MR) is 88.3 cm³/mol. The minimum atomic E-state index is 0.204. The molecule has 1 unspecified atom stereocenters. The molecular formula is C15H20BrN3S. The molecule has 20 heavy (non-hydrogen) atoms. The molecule has 2 aromatic heterocycles. The smallest absolute Gasteiger partial charge is 0.0950 e. The average Bonchev–Trinajstić information content (AvgIpc) is 2.74. The molecule has 0 aromatic carbocycles. The van der Waals surface area contributed by atoms with Crippen LogP contribution in [0.5, 0.6) is 0 Å². The maximum atomic E-state index is 4.65. The SMILES string of the molecule is CCCNC(Cc1nc(C)c(C)s1)c1ncccc1Br. The van der Waals surface area contributed by atoms with E-state index in [1.165, 1.54) is 9.88 Å². The fourth-order valence-electron chi connectivity index (χ4n) is 2.04. The molecule has 0 saturated carbocycles. The van der Waals surface area contributed by atoms with Crippen molar-refractivity contribution in [3.05, 3.63) is 44.1 Å². The monoisotopic (exact) mass is 353 g/mol. The zero-order valence-electron chi connectivity index (χ0n) is 12.1. The van der Waals surface area contributed by atoms with Gasteiger partial charge in [-0.1, -0.05) is 6.92 Å². The maximum absolute atomic E-state index is 4.65. The Balaban J connectivity index is 2.21. The third-order valence-corrected chi connectivity index (χ3v) is 4.98. The first-order chi connectivity index (χ1) is 9.61. The number of aryl methyl sites for hydroxylation is 2. The van der Waals surface area contributed by atoms with Crippen LogP contribution >= 0.6 is 27.3 Å². The molecule has 0 saturated heterocycles. The summed E-state index contributed by atoms with van der Waals surface area (Å²) in [6.07, 6.45) is 3.84. The minimum Gasteiger partial charge on any atom is -0.308 e. The summed E-state index contributed by atoms with van der Waals surface area (Å²) in [6.45, 7) is 7.36. The largest absolute Gasteiger partial charge is 0.308 e. The number of thiazole rings is 1. The fraction of sp³-hybridized carbons (Fsp3) is 0.467. The van der Waals surface area contributed by atoms with Crippen molar-refractivity contribution >= 4 is 27.3 Å². The van der Waals surface area contributed by atoms with E-state index in [9.17, 15) is 0 Å². The molecule has 0 amide bonds. The standard InChI is InChI=1S/C15H20BrN3S/c1-4-7-17-13(15-12(16)6-5-8-18-15)9-14-19-10(2)11(3)20-14/h5-6,8,13,17H,4,7,9H2,1-3H3. The van der Waals surface area contributed by atoms with E-state index in [-0.39, 0.29) is 6.04 Å². The lowest BCUT2D eigenvalue weighted by atomic mass is 10.1. The molecule has 2 heterocycles. The first-order valence-corrected chi connectivity index (χ1v) is 8.49. The van der Waals surface area contributed by atoms with Gasteiger partial charge in [0.2, 0.25) is 0 Å². The average molecular weight is 354 g/mol. The number of aromatic nitrogens is 2. The Morgan fingerprint density at radius 2 is 2.20 bits per heavy atom. The normalized spacial score (nSPS) is 12.6. The topological polar surface area (TPSA) is 37.8 Å². The van der Waals surface area contributed by atoms with Crippen LogP contribution in [-0.2, 0) is 6.42 Å². The summed E-state index contributed by atoms with van der Waals surface area (Å²) in [5.74, 6) is 0. The van der Waals surface area contributed by atoms with Crippen LogP contribution in [0.2, 0.25) is 0 Å². The third kappa shape index (κ3) is 3.87. The summed E-state index contributed by atoms with van der Waals surface area (Å²) in [4.78, 5) is 10.5. The molecule has 5 heteroatoms. The zero-order valence-corrected chi connectivity index (χ0v) is 14.5. The highest BCUT2D eigenvalue weighted by molar-refractivity contribution is 9.10.